The lowest BCUT2D eigenvalue weighted by atomic mass is 10.0. The van der Waals surface area contributed by atoms with E-state index in [1.165, 1.54) is 6.07 Å². The first-order valence-corrected chi connectivity index (χ1v) is 8.29. The van der Waals surface area contributed by atoms with Crippen LogP contribution in [0.15, 0.2) is 40.9 Å². The SMILES string of the molecule is C#CCOc1c(Br)cc(/C=C(/C#N)c2ccccc2F)cc1OCC. The molecule has 0 radical (unpaired) electrons. The first-order chi connectivity index (χ1) is 12.1. The average Bonchev–Trinajstić information content (AvgIpc) is 2.60. The van der Waals surface area contributed by atoms with E-state index in [9.17, 15) is 9.65 Å². The predicted molar refractivity (Wildman–Crippen MR) is 99.5 cm³/mol. The van der Waals surface area contributed by atoms with Gasteiger partial charge in [0.2, 0.25) is 0 Å². The van der Waals surface area contributed by atoms with Crippen LogP contribution in [0.5, 0.6) is 11.5 Å². The molecule has 0 unspecified atom stereocenters. The molecule has 0 bridgehead atoms. The summed E-state index contributed by atoms with van der Waals surface area (Å²) < 4.78 is 25.7. The number of allylic oxidation sites excluding steroid dienone is 1. The number of benzene rings is 2. The standard InChI is InChI=1S/C20H15BrFNO2/c1-3-9-25-20-17(21)11-14(12-19(20)24-4-2)10-15(13-23)16-7-5-6-8-18(16)22/h1,5-8,10-12H,4,9H2,2H3/b15-10-. The van der Waals surface area contributed by atoms with Crippen molar-refractivity contribution in [2.75, 3.05) is 13.2 Å². The van der Waals surface area contributed by atoms with E-state index < -0.39 is 5.82 Å². The Kier molecular flexibility index (Phi) is 6.62. The van der Waals surface area contributed by atoms with Crippen LogP contribution in [0.4, 0.5) is 4.39 Å². The Morgan fingerprint density at radius 1 is 1.32 bits per heavy atom. The van der Waals surface area contributed by atoms with E-state index in [4.69, 9.17) is 15.9 Å². The van der Waals surface area contributed by atoms with Crippen LogP contribution in [0, 0.1) is 29.5 Å². The summed E-state index contributed by atoms with van der Waals surface area (Å²) in [6.45, 7) is 2.39. The lowest BCUT2D eigenvalue weighted by molar-refractivity contribution is 0.298. The molecule has 0 aromatic heterocycles. The number of nitriles is 1. The van der Waals surface area contributed by atoms with Gasteiger partial charge in [-0.05, 0) is 52.7 Å². The second-order valence-corrected chi connectivity index (χ2v) is 5.76. The highest BCUT2D eigenvalue weighted by Crippen LogP contribution is 2.38. The first kappa shape index (κ1) is 18.6. The third-order valence-corrected chi connectivity index (χ3v) is 3.82. The summed E-state index contributed by atoms with van der Waals surface area (Å²) in [5.74, 6) is 2.93. The second-order valence-electron chi connectivity index (χ2n) is 4.91. The predicted octanol–water partition coefficient (Wildman–Crippen LogP) is 5.06. The van der Waals surface area contributed by atoms with Crippen molar-refractivity contribution in [1.29, 1.82) is 5.26 Å². The maximum absolute atomic E-state index is 13.9. The fraction of sp³-hybridized carbons (Fsp3) is 0.150. The number of ether oxygens (including phenoxy) is 2. The number of hydrogen-bond donors (Lipinski definition) is 0. The van der Waals surface area contributed by atoms with Gasteiger partial charge in [0.05, 0.1) is 22.7 Å². The van der Waals surface area contributed by atoms with Gasteiger partial charge in [-0.2, -0.15) is 5.26 Å². The van der Waals surface area contributed by atoms with Crippen LogP contribution in [0.1, 0.15) is 18.1 Å². The molecule has 0 aliphatic rings. The van der Waals surface area contributed by atoms with Gasteiger partial charge in [-0.15, -0.1) is 6.42 Å². The van der Waals surface area contributed by atoms with Crippen LogP contribution in [-0.4, -0.2) is 13.2 Å². The Hall–Kier alpha value is -2.76. The van der Waals surface area contributed by atoms with Gasteiger partial charge in [0.15, 0.2) is 11.5 Å². The molecule has 0 saturated heterocycles. The van der Waals surface area contributed by atoms with Crippen LogP contribution in [0.2, 0.25) is 0 Å². The van der Waals surface area contributed by atoms with Crippen molar-refractivity contribution < 1.29 is 13.9 Å². The summed E-state index contributed by atoms with van der Waals surface area (Å²) in [5, 5.41) is 9.40. The molecule has 0 aliphatic carbocycles. The van der Waals surface area contributed by atoms with Crippen molar-refractivity contribution in [3.8, 4) is 29.9 Å². The monoisotopic (exact) mass is 399 g/mol. The molecule has 126 valence electrons. The lowest BCUT2D eigenvalue weighted by Crippen LogP contribution is -2.00. The van der Waals surface area contributed by atoms with E-state index >= 15 is 0 Å². The zero-order valence-corrected chi connectivity index (χ0v) is 15.1. The van der Waals surface area contributed by atoms with Crippen LogP contribution < -0.4 is 9.47 Å². The highest BCUT2D eigenvalue weighted by Gasteiger charge is 2.13. The summed E-state index contributed by atoms with van der Waals surface area (Å²) >= 11 is 3.42. The number of terminal acetylenes is 1. The molecule has 0 atom stereocenters. The zero-order valence-electron chi connectivity index (χ0n) is 13.6. The van der Waals surface area contributed by atoms with E-state index in [0.29, 0.717) is 28.1 Å². The van der Waals surface area contributed by atoms with Gasteiger partial charge in [-0.1, -0.05) is 24.1 Å². The quantitative estimate of drug-likeness (QED) is 0.387. The summed E-state index contributed by atoms with van der Waals surface area (Å²) in [6.07, 6.45) is 6.82. The number of rotatable bonds is 6. The Labute approximate surface area is 154 Å². The first-order valence-electron chi connectivity index (χ1n) is 7.50. The topological polar surface area (TPSA) is 42.2 Å². The van der Waals surface area contributed by atoms with Crippen LogP contribution >= 0.6 is 15.9 Å². The highest BCUT2D eigenvalue weighted by atomic mass is 79.9. The van der Waals surface area contributed by atoms with Gasteiger partial charge in [0.25, 0.3) is 0 Å². The molecular formula is C20H15BrFNO2. The molecule has 2 aromatic carbocycles. The van der Waals surface area contributed by atoms with Gasteiger partial charge in [-0.25, -0.2) is 4.39 Å². The molecule has 25 heavy (non-hydrogen) atoms. The minimum absolute atomic E-state index is 0.104. The Balaban J connectivity index is 2.50. The second kappa shape index (κ2) is 8.92. The molecule has 2 aromatic rings. The molecule has 0 aliphatic heterocycles. The summed E-state index contributed by atoms with van der Waals surface area (Å²) in [6, 6.07) is 11.7. The largest absolute Gasteiger partial charge is 0.490 e. The van der Waals surface area contributed by atoms with Gasteiger partial charge < -0.3 is 9.47 Å². The summed E-state index contributed by atoms with van der Waals surface area (Å²) in [7, 11) is 0. The normalized spacial score (nSPS) is 10.7. The van der Waals surface area contributed by atoms with Gasteiger partial charge in [0.1, 0.15) is 12.4 Å². The highest BCUT2D eigenvalue weighted by molar-refractivity contribution is 9.10. The summed E-state index contributed by atoms with van der Waals surface area (Å²) in [5.41, 5.74) is 1.12. The lowest BCUT2D eigenvalue weighted by Gasteiger charge is -2.13. The van der Waals surface area contributed by atoms with Crippen molar-refractivity contribution in [3.05, 3.63) is 57.8 Å². The minimum atomic E-state index is -0.451. The molecule has 3 nitrogen and oxygen atoms in total. The number of nitrogens with zero attached hydrogens (tertiary/aromatic N) is 1. The number of hydrogen-bond acceptors (Lipinski definition) is 3. The molecule has 5 heteroatoms. The van der Waals surface area contributed by atoms with Crippen LogP contribution in [-0.2, 0) is 0 Å². The van der Waals surface area contributed by atoms with E-state index in [-0.39, 0.29) is 17.7 Å². The maximum atomic E-state index is 13.9. The van der Waals surface area contributed by atoms with Gasteiger partial charge in [-0.3, -0.25) is 0 Å². The Morgan fingerprint density at radius 2 is 2.08 bits per heavy atom. The summed E-state index contributed by atoms with van der Waals surface area (Å²) in [4.78, 5) is 0. The molecule has 2 rings (SSSR count). The molecule has 0 saturated carbocycles. The van der Waals surface area contributed by atoms with Gasteiger partial charge >= 0.3 is 0 Å². The van der Waals surface area contributed by atoms with Gasteiger partial charge in [0, 0.05) is 5.56 Å². The van der Waals surface area contributed by atoms with Crippen LogP contribution in [0.3, 0.4) is 0 Å². The molecular weight excluding hydrogens is 385 g/mol. The van der Waals surface area contributed by atoms with E-state index in [0.717, 1.165) is 0 Å². The van der Waals surface area contributed by atoms with Crippen molar-refractivity contribution >= 4 is 27.6 Å². The van der Waals surface area contributed by atoms with E-state index in [1.807, 2.05) is 13.0 Å². The van der Waals surface area contributed by atoms with E-state index in [1.54, 1.807) is 36.4 Å². The third kappa shape index (κ3) is 4.62. The average molecular weight is 400 g/mol. The fourth-order valence-electron chi connectivity index (χ4n) is 2.20. The maximum Gasteiger partial charge on any atom is 0.176 e. The molecule has 0 amide bonds. The Morgan fingerprint density at radius 3 is 2.72 bits per heavy atom. The van der Waals surface area contributed by atoms with Crippen molar-refractivity contribution in [2.24, 2.45) is 0 Å². The zero-order chi connectivity index (χ0) is 18.2. The van der Waals surface area contributed by atoms with Crippen LogP contribution in [0.25, 0.3) is 11.6 Å². The van der Waals surface area contributed by atoms with Crippen molar-refractivity contribution in [1.82, 2.24) is 0 Å². The molecule has 0 N–H and O–H groups in total. The number of halogens is 2. The van der Waals surface area contributed by atoms with Crippen molar-refractivity contribution in [2.45, 2.75) is 6.92 Å². The molecule has 0 heterocycles. The van der Waals surface area contributed by atoms with E-state index in [2.05, 4.69) is 21.9 Å². The fourth-order valence-corrected chi connectivity index (χ4v) is 2.78. The molecule has 0 spiro atoms. The smallest absolute Gasteiger partial charge is 0.176 e. The third-order valence-electron chi connectivity index (χ3n) is 3.23. The minimum Gasteiger partial charge on any atom is -0.490 e. The Bertz CT molecular complexity index is 878. The van der Waals surface area contributed by atoms with Crippen molar-refractivity contribution in [3.63, 3.8) is 0 Å². The molecule has 0 fully saturated rings.